The quantitative estimate of drug-likeness (QED) is 0.298. The lowest BCUT2D eigenvalue weighted by atomic mass is 10.2. The molecule has 0 bridgehead atoms. The molecule has 0 radical (unpaired) electrons. The number of guanidine groups is 1. The third-order valence-corrected chi connectivity index (χ3v) is 1.47. The van der Waals surface area contributed by atoms with Crippen LogP contribution in [-0.2, 0) is 0 Å². The number of hydrogen-bond acceptors (Lipinski definition) is 1. The predicted molar refractivity (Wildman–Crippen MR) is 53.1 cm³/mol. The third-order valence-electron chi connectivity index (χ3n) is 1.47. The second kappa shape index (κ2) is 4.25. The average molecular weight is 177 g/mol. The summed E-state index contributed by atoms with van der Waals surface area (Å²) in [6, 6.07) is 7.98. The van der Waals surface area contributed by atoms with Crippen LogP contribution in [0.4, 0.5) is 0 Å². The summed E-state index contributed by atoms with van der Waals surface area (Å²) in [6.45, 7) is 2.03. The maximum absolute atomic E-state index is 5.13. The number of nitrogens with two attached hydrogens (primary N) is 2. The fraction of sp³-hybridized carbons (Fsp3) is 0.111. The molecule has 0 amide bonds. The van der Waals surface area contributed by atoms with Crippen LogP contribution in [0, 0.1) is 6.92 Å². The first kappa shape index (κ1) is 9.25. The van der Waals surface area contributed by atoms with Gasteiger partial charge in [-0.3, -0.25) is 0 Å². The summed E-state index contributed by atoms with van der Waals surface area (Å²) in [5.41, 5.74) is 12.5. The van der Waals surface area contributed by atoms with Gasteiger partial charge in [-0.25, -0.2) is 0 Å². The van der Waals surface area contributed by atoms with Crippen LogP contribution in [0.15, 0.2) is 29.4 Å². The Balaban J connectivity index is 2.75. The lowest BCUT2D eigenvalue weighted by Crippen LogP contribution is -2.63. The van der Waals surface area contributed by atoms with Gasteiger partial charge >= 0.3 is 0 Å². The molecule has 0 atom stereocenters. The van der Waals surface area contributed by atoms with Crippen LogP contribution in [0.25, 0.3) is 0 Å². The van der Waals surface area contributed by atoms with Crippen molar-refractivity contribution < 1.29 is 5.10 Å². The number of nitrogens with one attached hydrogen (secondary N) is 1. The lowest BCUT2D eigenvalue weighted by Gasteiger charge is -1.90. The molecule has 0 saturated heterocycles. The molecule has 0 aliphatic carbocycles. The molecule has 68 valence electrons. The van der Waals surface area contributed by atoms with Crippen LogP contribution in [0.2, 0.25) is 0 Å². The zero-order valence-corrected chi connectivity index (χ0v) is 7.49. The Labute approximate surface area is 77.0 Å². The molecule has 0 aliphatic rings. The molecular weight excluding hydrogens is 164 g/mol. The smallest absolute Gasteiger partial charge is 0.256 e. The summed E-state index contributed by atoms with van der Waals surface area (Å²) in [7, 11) is 0. The van der Waals surface area contributed by atoms with E-state index in [-0.39, 0.29) is 5.96 Å². The Morgan fingerprint density at radius 1 is 1.46 bits per heavy atom. The average Bonchev–Trinajstić information content (AvgIpc) is 2.03. The van der Waals surface area contributed by atoms with Crippen molar-refractivity contribution in [2.45, 2.75) is 6.92 Å². The Kier molecular flexibility index (Phi) is 3.03. The summed E-state index contributed by atoms with van der Waals surface area (Å²) >= 11 is 0. The van der Waals surface area contributed by atoms with E-state index in [0.29, 0.717) is 0 Å². The minimum absolute atomic E-state index is 0.0175. The fourth-order valence-electron chi connectivity index (χ4n) is 0.941. The first-order valence-corrected chi connectivity index (χ1v) is 3.92. The number of hydrogen-bond donors (Lipinski definition) is 3. The van der Waals surface area contributed by atoms with Gasteiger partial charge in [0.1, 0.15) is 0 Å². The first-order valence-electron chi connectivity index (χ1n) is 3.92. The highest BCUT2D eigenvalue weighted by molar-refractivity contribution is 5.77. The van der Waals surface area contributed by atoms with Gasteiger partial charge in [0.05, 0.1) is 0 Å². The second-order valence-corrected chi connectivity index (χ2v) is 2.72. The Morgan fingerprint density at radius 2 is 2.23 bits per heavy atom. The van der Waals surface area contributed by atoms with Crippen LogP contribution in [0.3, 0.4) is 0 Å². The van der Waals surface area contributed by atoms with Gasteiger partial charge in [0.15, 0.2) is 0 Å². The number of aryl methyl sites for hydroxylation is 1. The van der Waals surface area contributed by atoms with Crippen molar-refractivity contribution >= 4 is 12.2 Å². The van der Waals surface area contributed by atoms with E-state index >= 15 is 0 Å². The van der Waals surface area contributed by atoms with Crippen molar-refractivity contribution in [3.63, 3.8) is 0 Å². The van der Waals surface area contributed by atoms with Gasteiger partial charge in [0.2, 0.25) is 6.21 Å². The molecule has 0 aliphatic heterocycles. The molecule has 0 fully saturated rings. The van der Waals surface area contributed by atoms with E-state index in [0.717, 1.165) is 5.56 Å². The van der Waals surface area contributed by atoms with Crippen LogP contribution in [-0.4, -0.2) is 12.2 Å². The minimum Gasteiger partial charge on any atom is -0.365 e. The normalized spacial score (nSPS) is 10.2. The van der Waals surface area contributed by atoms with E-state index in [2.05, 4.69) is 10.2 Å². The SMILES string of the molecule is Cc1cccc(C=[NH+]N=C(N)N)c1. The first-order chi connectivity index (χ1) is 6.18. The second-order valence-electron chi connectivity index (χ2n) is 2.72. The topological polar surface area (TPSA) is 78.4 Å². The molecule has 0 heterocycles. The van der Waals surface area contributed by atoms with Crippen LogP contribution < -0.4 is 16.6 Å². The van der Waals surface area contributed by atoms with Crippen LogP contribution in [0.1, 0.15) is 11.1 Å². The van der Waals surface area contributed by atoms with Crippen LogP contribution in [0.5, 0.6) is 0 Å². The number of rotatable bonds is 2. The van der Waals surface area contributed by atoms with Crippen molar-refractivity contribution in [2.24, 2.45) is 16.6 Å². The van der Waals surface area contributed by atoms with E-state index in [4.69, 9.17) is 11.5 Å². The largest absolute Gasteiger partial charge is 0.365 e. The molecule has 0 unspecified atom stereocenters. The van der Waals surface area contributed by atoms with Gasteiger partial charge in [-0.1, -0.05) is 17.7 Å². The van der Waals surface area contributed by atoms with E-state index in [1.165, 1.54) is 5.56 Å². The van der Waals surface area contributed by atoms with Crippen molar-refractivity contribution in [1.29, 1.82) is 0 Å². The predicted octanol–water partition coefficient (Wildman–Crippen LogP) is -1.32. The molecule has 4 heteroatoms. The molecule has 1 aromatic rings. The Morgan fingerprint density at radius 3 is 2.85 bits per heavy atom. The molecule has 1 rings (SSSR count). The Hall–Kier alpha value is -1.84. The molecule has 0 aromatic heterocycles. The summed E-state index contributed by atoms with van der Waals surface area (Å²) in [4.78, 5) is 0. The Bertz CT molecular complexity index is 337. The lowest BCUT2D eigenvalue weighted by molar-refractivity contribution is -0.456. The molecule has 0 saturated carbocycles. The van der Waals surface area contributed by atoms with E-state index in [1.54, 1.807) is 6.21 Å². The number of nitrogens with zero attached hydrogens (tertiary/aromatic N) is 1. The van der Waals surface area contributed by atoms with Crippen molar-refractivity contribution in [3.8, 4) is 0 Å². The number of hydrazone groups is 1. The highest BCUT2D eigenvalue weighted by Gasteiger charge is 1.90. The molecule has 0 spiro atoms. The van der Waals surface area contributed by atoms with E-state index in [9.17, 15) is 0 Å². The zero-order valence-electron chi connectivity index (χ0n) is 7.49. The highest BCUT2D eigenvalue weighted by atomic mass is 15.3. The van der Waals surface area contributed by atoms with E-state index in [1.807, 2.05) is 31.2 Å². The third kappa shape index (κ3) is 3.37. The van der Waals surface area contributed by atoms with Crippen molar-refractivity contribution in [1.82, 2.24) is 0 Å². The fourth-order valence-corrected chi connectivity index (χ4v) is 0.941. The van der Waals surface area contributed by atoms with Gasteiger partial charge in [-0.15, -0.1) is 5.10 Å². The monoisotopic (exact) mass is 177 g/mol. The molecule has 5 N–H and O–H groups in total. The van der Waals surface area contributed by atoms with Gasteiger partial charge in [-0.05, 0) is 19.1 Å². The molecular formula is C9H13N4+. The van der Waals surface area contributed by atoms with Crippen LogP contribution >= 0.6 is 0 Å². The summed E-state index contributed by atoms with van der Waals surface area (Å²) in [5, 5.41) is 6.26. The maximum atomic E-state index is 5.13. The molecule has 4 nitrogen and oxygen atoms in total. The van der Waals surface area contributed by atoms with Gasteiger partial charge in [0, 0.05) is 10.7 Å². The number of benzene rings is 1. The molecule has 1 aromatic carbocycles. The van der Waals surface area contributed by atoms with Gasteiger partial charge in [-0.2, -0.15) is 0 Å². The van der Waals surface area contributed by atoms with E-state index < -0.39 is 0 Å². The maximum Gasteiger partial charge on any atom is 0.256 e. The summed E-state index contributed by atoms with van der Waals surface area (Å²) in [6.07, 6.45) is 1.73. The standard InChI is InChI=1S/C9H12N4/c1-7-3-2-4-8(5-7)6-12-13-9(10)11/h2-6H,1H3,(H4,10,11,13)/p+1. The van der Waals surface area contributed by atoms with Crippen molar-refractivity contribution in [3.05, 3.63) is 35.4 Å². The summed E-state index contributed by atoms with van der Waals surface area (Å²) < 4.78 is 0. The van der Waals surface area contributed by atoms with Crippen molar-refractivity contribution in [2.75, 3.05) is 0 Å². The van der Waals surface area contributed by atoms with Gasteiger partial charge in [0.25, 0.3) is 5.96 Å². The highest BCUT2D eigenvalue weighted by Crippen LogP contribution is 1.99. The minimum atomic E-state index is 0.0175. The summed E-state index contributed by atoms with van der Waals surface area (Å²) in [5.74, 6) is 0.0175. The van der Waals surface area contributed by atoms with Gasteiger partial charge < -0.3 is 11.5 Å². The zero-order chi connectivity index (χ0) is 9.68. The molecule has 13 heavy (non-hydrogen) atoms.